The van der Waals surface area contributed by atoms with E-state index in [0.29, 0.717) is 0 Å². The minimum Gasteiger partial charge on any atom is -0.310 e. The summed E-state index contributed by atoms with van der Waals surface area (Å²) in [5.74, 6) is 0. The predicted molar refractivity (Wildman–Crippen MR) is 267 cm³/mol. The Morgan fingerprint density at radius 2 is 0.609 bits per heavy atom. The second-order valence-electron chi connectivity index (χ2n) is 18.1. The van der Waals surface area contributed by atoms with Gasteiger partial charge < -0.3 is 9.80 Å². The van der Waals surface area contributed by atoms with Crippen LogP contribution in [-0.2, 0) is 10.8 Å². The molecule has 64 heavy (non-hydrogen) atoms. The minimum atomic E-state index is -0.556. The molecule has 3 aliphatic carbocycles. The average molecular weight is 817 g/mol. The first-order chi connectivity index (χ1) is 31.5. The monoisotopic (exact) mass is 816 g/mol. The molecule has 2 heteroatoms. The van der Waals surface area contributed by atoms with Crippen LogP contribution < -0.4 is 9.80 Å². The molecule has 0 bridgehead atoms. The molecule has 1 spiro atoms. The van der Waals surface area contributed by atoms with E-state index in [0.717, 1.165) is 34.1 Å². The Labute approximate surface area is 375 Å². The molecule has 0 aliphatic heterocycles. The lowest BCUT2D eigenvalue weighted by atomic mass is 9.70. The summed E-state index contributed by atoms with van der Waals surface area (Å²) in [6.45, 7) is 4.74. The first-order valence-corrected chi connectivity index (χ1v) is 22.4. The van der Waals surface area contributed by atoms with Gasteiger partial charge in [-0.2, -0.15) is 0 Å². The van der Waals surface area contributed by atoms with E-state index in [4.69, 9.17) is 0 Å². The van der Waals surface area contributed by atoms with Crippen molar-refractivity contribution >= 4 is 44.9 Å². The lowest BCUT2D eigenvalue weighted by Gasteiger charge is -2.33. The lowest BCUT2D eigenvalue weighted by Crippen LogP contribution is -2.26. The molecular weight excluding hydrogens is 773 g/mol. The van der Waals surface area contributed by atoms with Crippen LogP contribution in [0.15, 0.2) is 231 Å². The van der Waals surface area contributed by atoms with Gasteiger partial charge in [0.2, 0.25) is 0 Å². The van der Waals surface area contributed by atoms with E-state index in [2.05, 4.69) is 254 Å². The van der Waals surface area contributed by atoms with Gasteiger partial charge in [-0.1, -0.05) is 172 Å². The quantitative estimate of drug-likeness (QED) is 0.165. The van der Waals surface area contributed by atoms with Crippen molar-refractivity contribution in [3.8, 4) is 33.4 Å². The zero-order valence-electron chi connectivity index (χ0n) is 35.8. The third-order valence-electron chi connectivity index (χ3n) is 14.4. The third-order valence-corrected chi connectivity index (χ3v) is 14.4. The van der Waals surface area contributed by atoms with Gasteiger partial charge in [-0.25, -0.2) is 0 Å². The molecule has 10 aromatic rings. The Bertz CT molecular complexity index is 3480. The van der Waals surface area contributed by atoms with E-state index in [1.165, 1.54) is 77.5 Å². The Morgan fingerprint density at radius 1 is 0.250 bits per heavy atom. The van der Waals surface area contributed by atoms with Crippen molar-refractivity contribution in [3.05, 3.63) is 264 Å². The summed E-state index contributed by atoms with van der Waals surface area (Å²) >= 11 is 0. The largest absolute Gasteiger partial charge is 0.310 e. The van der Waals surface area contributed by atoms with Gasteiger partial charge in [-0.05, 0) is 150 Å². The van der Waals surface area contributed by atoms with Crippen molar-refractivity contribution < 1.29 is 0 Å². The predicted octanol–water partition coefficient (Wildman–Crippen LogP) is 16.4. The molecule has 1 unspecified atom stereocenters. The van der Waals surface area contributed by atoms with Crippen LogP contribution in [0.25, 0.3) is 44.2 Å². The number of nitrogens with zero attached hydrogens (tertiary/aromatic N) is 2. The second-order valence-corrected chi connectivity index (χ2v) is 18.1. The second kappa shape index (κ2) is 13.8. The fraction of sp³-hybridized carbons (Fsp3) is 0.0645. The Morgan fingerprint density at radius 3 is 1.14 bits per heavy atom. The van der Waals surface area contributed by atoms with Gasteiger partial charge in [-0.3, -0.25) is 0 Å². The first kappa shape index (κ1) is 36.7. The number of rotatable bonds is 6. The fourth-order valence-electron chi connectivity index (χ4n) is 11.6. The number of hydrogen-bond donors (Lipinski definition) is 0. The molecule has 3 aliphatic rings. The number of hydrogen-bond acceptors (Lipinski definition) is 2. The molecule has 0 radical (unpaired) electrons. The number of para-hydroxylation sites is 2. The summed E-state index contributed by atoms with van der Waals surface area (Å²) in [5.41, 5.74) is 21.9. The summed E-state index contributed by atoms with van der Waals surface area (Å²) in [5, 5.41) is 2.45. The van der Waals surface area contributed by atoms with Gasteiger partial charge in [-0.15, -0.1) is 0 Å². The van der Waals surface area contributed by atoms with Crippen molar-refractivity contribution in [3.63, 3.8) is 0 Å². The maximum Gasteiger partial charge on any atom is 0.0727 e. The van der Waals surface area contributed by atoms with E-state index in [-0.39, 0.29) is 5.41 Å². The smallest absolute Gasteiger partial charge is 0.0727 e. The van der Waals surface area contributed by atoms with Crippen LogP contribution in [-0.4, -0.2) is 0 Å². The zero-order valence-corrected chi connectivity index (χ0v) is 35.8. The SMILES string of the molecule is CC1(C)c2ccccc2-c2ccc(N(c3ccccc3)c3ccc4c(c3)C3(c5ccccc5-4)c4ccccc4-c4ccc(N(c5ccccc5)c5ccc6ccccc6c5)cc43)cc21. The number of fused-ring (bicyclic) bond motifs is 14. The highest BCUT2D eigenvalue weighted by molar-refractivity contribution is 5.98. The van der Waals surface area contributed by atoms with E-state index in [9.17, 15) is 0 Å². The maximum atomic E-state index is 2.51. The molecule has 0 saturated carbocycles. The first-order valence-electron chi connectivity index (χ1n) is 22.4. The number of benzene rings is 10. The summed E-state index contributed by atoms with van der Waals surface area (Å²) < 4.78 is 0. The van der Waals surface area contributed by atoms with Crippen LogP contribution >= 0.6 is 0 Å². The van der Waals surface area contributed by atoms with Crippen molar-refractivity contribution in [2.75, 3.05) is 9.80 Å². The van der Waals surface area contributed by atoms with Crippen molar-refractivity contribution in [1.82, 2.24) is 0 Å². The van der Waals surface area contributed by atoms with Gasteiger partial charge >= 0.3 is 0 Å². The van der Waals surface area contributed by atoms with E-state index >= 15 is 0 Å². The molecule has 2 nitrogen and oxygen atoms in total. The van der Waals surface area contributed by atoms with Crippen LogP contribution in [0.1, 0.15) is 47.2 Å². The highest BCUT2D eigenvalue weighted by Gasteiger charge is 2.52. The number of anilines is 6. The van der Waals surface area contributed by atoms with E-state index in [1.807, 2.05) is 0 Å². The van der Waals surface area contributed by atoms with Crippen LogP contribution in [0.2, 0.25) is 0 Å². The molecule has 10 aromatic carbocycles. The average Bonchev–Trinajstić information content (AvgIpc) is 3.90. The molecule has 0 heterocycles. The fourth-order valence-corrected chi connectivity index (χ4v) is 11.6. The van der Waals surface area contributed by atoms with Crippen LogP contribution in [0, 0.1) is 0 Å². The Hall–Kier alpha value is -7.94. The standard InChI is InChI=1S/C62H44N2/c1-61(2)55-26-14-11-23-49(55)52-34-31-46(38-58(52)61)64(44-21-7-4-8-22-44)48-33-36-54-51-25-13-16-28-57(51)62(60(54)40-48)56-27-15-12-24-50(56)53-35-32-47(39-59(53)62)63(43-19-5-3-6-20-43)45-30-29-41-17-9-10-18-42(41)37-45/h3-40H,1-2H3. The van der Waals surface area contributed by atoms with Gasteiger partial charge in [0.05, 0.1) is 5.41 Å². The summed E-state index contributed by atoms with van der Waals surface area (Å²) in [6, 6.07) is 85.9. The Balaban J connectivity index is 1.05. The molecule has 1 atom stereocenters. The molecule has 0 saturated heterocycles. The lowest BCUT2D eigenvalue weighted by molar-refractivity contribution is 0.660. The molecule has 13 rings (SSSR count). The summed E-state index contributed by atoms with van der Waals surface area (Å²) in [6.07, 6.45) is 0. The molecule has 0 amide bonds. The Kier molecular flexibility index (Phi) is 7.90. The highest BCUT2D eigenvalue weighted by Crippen LogP contribution is 2.64. The van der Waals surface area contributed by atoms with Crippen molar-refractivity contribution in [1.29, 1.82) is 0 Å². The topological polar surface area (TPSA) is 6.48 Å². The maximum absolute atomic E-state index is 2.51. The van der Waals surface area contributed by atoms with Gasteiger partial charge in [0, 0.05) is 39.5 Å². The van der Waals surface area contributed by atoms with Crippen molar-refractivity contribution in [2.24, 2.45) is 0 Å². The zero-order chi connectivity index (χ0) is 42.6. The van der Waals surface area contributed by atoms with E-state index < -0.39 is 5.41 Å². The van der Waals surface area contributed by atoms with Crippen LogP contribution in [0.5, 0.6) is 0 Å². The summed E-state index contributed by atoms with van der Waals surface area (Å²) in [7, 11) is 0. The van der Waals surface area contributed by atoms with Crippen LogP contribution in [0.3, 0.4) is 0 Å². The normalized spacial score (nSPS) is 15.5. The highest BCUT2D eigenvalue weighted by atomic mass is 15.1. The van der Waals surface area contributed by atoms with Gasteiger partial charge in [0.1, 0.15) is 0 Å². The van der Waals surface area contributed by atoms with Crippen molar-refractivity contribution in [2.45, 2.75) is 24.7 Å². The molecular formula is C62H44N2. The minimum absolute atomic E-state index is 0.122. The molecule has 0 aromatic heterocycles. The third kappa shape index (κ3) is 5.14. The summed E-state index contributed by atoms with van der Waals surface area (Å²) in [4.78, 5) is 4.89. The molecule has 0 N–H and O–H groups in total. The van der Waals surface area contributed by atoms with Crippen LogP contribution in [0.4, 0.5) is 34.1 Å². The van der Waals surface area contributed by atoms with Gasteiger partial charge in [0.15, 0.2) is 0 Å². The molecule has 0 fully saturated rings. The molecule has 302 valence electrons. The van der Waals surface area contributed by atoms with Gasteiger partial charge in [0.25, 0.3) is 0 Å². The van der Waals surface area contributed by atoms with E-state index in [1.54, 1.807) is 0 Å².